The second-order valence-electron chi connectivity index (χ2n) is 6.57. The second kappa shape index (κ2) is 7.66. The minimum Gasteiger partial charge on any atom is -0.376 e. The number of nitrogens with one attached hydrogen (secondary N) is 1. The van der Waals surface area contributed by atoms with Crippen LogP contribution in [0.4, 0.5) is 0 Å². The van der Waals surface area contributed by atoms with Gasteiger partial charge in [-0.15, -0.1) is 0 Å². The van der Waals surface area contributed by atoms with Gasteiger partial charge in [-0.3, -0.25) is 9.78 Å². The third kappa shape index (κ3) is 3.60. The van der Waals surface area contributed by atoms with E-state index in [9.17, 15) is 4.79 Å². The largest absolute Gasteiger partial charge is 0.376 e. The summed E-state index contributed by atoms with van der Waals surface area (Å²) in [6.07, 6.45) is 9.50. The average Bonchev–Trinajstić information content (AvgIpc) is 3.06. The van der Waals surface area contributed by atoms with Crippen molar-refractivity contribution in [3.05, 3.63) is 66.0 Å². The molecular weight excluding hydrogens is 328 g/mol. The van der Waals surface area contributed by atoms with Gasteiger partial charge in [0.1, 0.15) is 5.82 Å². The monoisotopic (exact) mass is 350 g/mol. The topological polar surface area (TPSA) is 68.5 Å². The van der Waals surface area contributed by atoms with Crippen LogP contribution in [0, 0.1) is 0 Å². The molecule has 1 aliphatic rings. The summed E-state index contributed by atoms with van der Waals surface area (Å²) in [6, 6.07) is 9.71. The number of hydrogen-bond donors (Lipinski definition) is 1. The zero-order valence-corrected chi connectivity index (χ0v) is 14.6. The van der Waals surface area contributed by atoms with E-state index in [0.29, 0.717) is 18.7 Å². The first kappa shape index (κ1) is 16.7. The number of carbonyl (C=O) groups excluding carboxylic acids is 1. The van der Waals surface area contributed by atoms with E-state index in [1.165, 1.54) is 0 Å². The van der Waals surface area contributed by atoms with E-state index in [2.05, 4.69) is 15.3 Å². The highest BCUT2D eigenvalue weighted by atomic mass is 16.5. The van der Waals surface area contributed by atoms with Crippen LogP contribution in [0.1, 0.15) is 41.1 Å². The molecule has 3 aromatic rings. The predicted octanol–water partition coefficient (Wildman–Crippen LogP) is 2.62. The maximum Gasteiger partial charge on any atom is 0.272 e. The van der Waals surface area contributed by atoms with Crippen LogP contribution in [0.5, 0.6) is 0 Å². The Morgan fingerprint density at radius 3 is 3.04 bits per heavy atom. The Morgan fingerprint density at radius 1 is 1.27 bits per heavy atom. The van der Waals surface area contributed by atoms with Gasteiger partial charge in [0.2, 0.25) is 0 Å². The molecule has 0 aromatic carbocycles. The summed E-state index contributed by atoms with van der Waals surface area (Å²) < 4.78 is 7.66. The van der Waals surface area contributed by atoms with Crippen molar-refractivity contribution in [1.82, 2.24) is 19.7 Å². The average molecular weight is 350 g/mol. The molecule has 1 unspecified atom stereocenters. The van der Waals surface area contributed by atoms with Crippen LogP contribution in [-0.2, 0) is 11.2 Å². The number of pyridine rings is 2. The minimum absolute atomic E-state index is 0.108. The molecule has 1 atom stereocenters. The zero-order valence-electron chi connectivity index (χ0n) is 14.6. The van der Waals surface area contributed by atoms with Gasteiger partial charge >= 0.3 is 0 Å². The molecule has 1 saturated heterocycles. The lowest BCUT2D eigenvalue weighted by molar-refractivity contribution is 0.0169. The summed E-state index contributed by atoms with van der Waals surface area (Å²) in [5.41, 5.74) is 2.33. The van der Waals surface area contributed by atoms with Gasteiger partial charge < -0.3 is 14.5 Å². The van der Waals surface area contributed by atoms with Crippen molar-refractivity contribution in [3.8, 4) is 0 Å². The number of imidazole rings is 1. The summed E-state index contributed by atoms with van der Waals surface area (Å²) in [7, 11) is 0. The molecule has 4 rings (SSSR count). The van der Waals surface area contributed by atoms with Gasteiger partial charge in [-0.2, -0.15) is 0 Å². The van der Waals surface area contributed by atoms with Crippen LogP contribution in [0.25, 0.3) is 5.52 Å². The van der Waals surface area contributed by atoms with Crippen LogP contribution in [-0.4, -0.2) is 39.5 Å². The van der Waals surface area contributed by atoms with Crippen LogP contribution in [0.15, 0.2) is 48.9 Å². The van der Waals surface area contributed by atoms with Gasteiger partial charge in [0.05, 0.1) is 11.6 Å². The van der Waals surface area contributed by atoms with Crippen molar-refractivity contribution in [2.75, 3.05) is 13.2 Å². The van der Waals surface area contributed by atoms with Crippen molar-refractivity contribution in [3.63, 3.8) is 0 Å². The van der Waals surface area contributed by atoms with E-state index in [0.717, 1.165) is 42.8 Å². The fourth-order valence-electron chi connectivity index (χ4n) is 3.34. The molecule has 0 radical (unpaired) electrons. The molecular formula is C20H22N4O2. The lowest BCUT2D eigenvalue weighted by Gasteiger charge is -2.22. The molecule has 6 heteroatoms. The Labute approximate surface area is 152 Å². The molecule has 1 N–H and O–H groups in total. The minimum atomic E-state index is -0.152. The molecule has 0 bridgehead atoms. The summed E-state index contributed by atoms with van der Waals surface area (Å²) in [6.45, 7) is 1.31. The first-order valence-electron chi connectivity index (χ1n) is 9.06. The van der Waals surface area contributed by atoms with Crippen molar-refractivity contribution < 1.29 is 9.53 Å². The van der Waals surface area contributed by atoms with Gasteiger partial charge in [-0.05, 0) is 43.0 Å². The molecule has 0 aliphatic carbocycles. The number of aromatic nitrogens is 3. The fourth-order valence-corrected chi connectivity index (χ4v) is 3.34. The Morgan fingerprint density at radius 2 is 2.23 bits per heavy atom. The number of rotatable bonds is 5. The van der Waals surface area contributed by atoms with Gasteiger partial charge in [0.25, 0.3) is 5.91 Å². The number of ether oxygens (including phenoxy) is 1. The third-order valence-corrected chi connectivity index (χ3v) is 4.69. The number of carbonyl (C=O) groups is 1. The highest BCUT2D eigenvalue weighted by Crippen LogP contribution is 2.17. The molecule has 0 spiro atoms. The molecule has 1 amide bonds. The first-order valence-corrected chi connectivity index (χ1v) is 9.06. The van der Waals surface area contributed by atoms with E-state index >= 15 is 0 Å². The number of hydrogen-bond acceptors (Lipinski definition) is 4. The highest BCUT2D eigenvalue weighted by molar-refractivity contribution is 5.99. The van der Waals surface area contributed by atoms with Crippen LogP contribution >= 0.6 is 0 Å². The standard InChI is InChI=1S/C20H22N4O2/c25-20(22-14-16-7-2-4-11-26-16)19-17-8-1-3-10-24(17)18(23-19)12-15-6-5-9-21-13-15/h1,3,5-6,8-10,13,16H,2,4,7,11-12,14H2,(H,22,25). The SMILES string of the molecule is O=C(NCC1CCCCO1)c1nc(Cc2cccnc2)n2ccccc12. The Bertz CT molecular complexity index is 885. The molecule has 134 valence electrons. The molecule has 4 heterocycles. The summed E-state index contributed by atoms with van der Waals surface area (Å²) in [5.74, 6) is 0.674. The lowest BCUT2D eigenvalue weighted by Crippen LogP contribution is -2.35. The van der Waals surface area contributed by atoms with Gasteiger partial charge in [0, 0.05) is 38.2 Å². The number of fused-ring (bicyclic) bond motifs is 1. The van der Waals surface area contributed by atoms with E-state index in [4.69, 9.17) is 4.74 Å². The summed E-state index contributed by atoms with van der Waals surface area (Å²) in [4.78, 5) is 21.5. The van der Waals surface area contributed by atoms with E-state index in [1.54, 1.807) is 6.20 Å². The summed E-state index contributed by atoms with van der Waals surface area (Å²) >= 11 is 0. The molecule has 1 aliphatic heterocycles. The quantitative estimate of drug-likeness (QED) is 0.768. The number of nitrogens with zero attached hydrogens (tertiary/aromatic N) is 3. The normalized spacial score (nSPS) is 17.3. The zero-order chi connectivity index (χ0) is 17.8. The Hall–Kier alpha value is -2.73. The fraction of sp³-hybridized carbons (Fsp3) is 0.350. The van der Waals surface area contributed by atoms with Crippen molar-refractivity contribution in [2.45, 2.75) is 31.8 Å². The van der Waals surface area contributed by atoms with Crippen molar-refractivity contribution >= 4 is 11.4 Å². The van der Waals surface area contributed by atoms with E-state index in [-0.39, 0.29) is 12.0 Å². The van der Waals surface area contributed by atoms with Crippen molar-refractivity contribution in [1.29, 1.82) is 0 Å². The second-order valence-corrected chi connectivity index (χ2v) is 6.57. The molecule has 6 nitrogen and oxygen atoms in total. The van der Waals surface area contributed by atoms with Gasteiger partial charge in [-0.1, -0.05) is 12.1 Å². The van der Waals surface area contributed by atoms with Gasteiger partial charge in [-0.25, -0.2) is 4.98 Å². The third-order valence-electron chi connectivity index (χ3n) is 4.69. The Kier molecular flexibility index (Phi) is 4.93. The molecule has 1 fully saturated rings. The molecule has 0 saturated carbocycles. The molecule has 26 heavy (non-hydrogen) atoms. The summed E-state index contributed by atoms with van der Waals surface area (Å²) in [5, 5.41) is 2.99. The highest BCUT2D eigenvalue weighted by Gasteiger charge is 2.20. The lowest BCUT2D eigenvalue weighted by atomic mass is 10.1. The van der Waals surface area contributed by atoms with Crippen molar-refractivity contribution in [2.24, 2.45) is 0 Å². The predicted molar refractivity (Wildman–Crippen MR) is 98.2 cm³/mol. The van der Waals surface area contributed by atoms with Crippen LogP contribution < -0.4 is 5.32 Å². The maximum absolute atomic E-state index is 12.7. The van der Waals surface area contributed by atoms with Crippen LogP contribution in [0.2, 0.25) is 0 Å². The first-order chi connectivity index (χ1) is 12.8. The maximum atomic E-state index is 12.7. The van der Waals surface area contributed by atoms with Crippen LogP contribution in [0.3, 0.4) is 0 Å². The number of amides is 1. The van der Waals surface area contributed by atoms with Gasteiger partial charge in [0.15, 0.2) is 5.69 Å². The smallest absolute Gasteiger partial charge is 0.272 e. The molecule has 3 aromatic heterocycles. The van der Waals surface area contributed by atoms with E-state index < -0.39 is 0 Å². The Balaban J connectivity index is 1.55. The van der Waals surface area contributed by atoms with E-state index in [1.807, 2.05) is 47.1 Å².